The van der Waals surface area contributed by atoms with Crippen molar-refractivity contribution in [1.29, 1.82) is 0 Å². The van der Waals surface area contributed by atoms with Crippen molar-refractivity contribution >= 4 is 32.4 Å². The number of ether oxygens (including phenoxy) is 2. The Hall–Kier alpha value is -2.24. The molecule has 9 nitrogen and oxygen atoms in total. The second-order valence-electron chi connectivity index (χ2n) is 6.13. The number of benzene rings is 1. The van der Waals surface area contributed by atoms with E-state index >= 15 is 0 Å². The standard InChI is InChI=1S/C17H22N4O5S2/c1-4-15-19-20-17(27-15)18-16(22)12-6-5-9-21(12)28(23,24)11-7-8-13(25-2)14(10-11)26-3/h7-8,10,12H,4-6,9H2,1-3H3,(H,18,20,22). The minimum absolute atomic E-state index is 0.0500. The van der Waals surface area contributed by atoms with Gasteiger partial charge in [-0.05, 0) is 31.4 Å². The summed E-state index contributed by atoms with van der Waals surface area (Å²) < 4.78 is 37.9. The number of anilines is 1. The maximum atomic E-state index is 13.1. The molecular formula is C17H22N4O5S2. The molecule has 3 rings (SSSR count). The van der Waals surface area contributed by atoms with Crippen molar-refractivity contribution in [1.82, 2.24) is 14.5 Å². The summed E-state index contributed by atoms with van der Waals surface area (Å²) in [5, 5.41) is 11.7. The van der Waals surface area contributed by atoms with E-state index in [0.29, 0.717) is 29.5 Å². The van der Waals surface area contributed by atoms with Gasteiger partial charge < -0.3 is 9.47 Å². The fraction of sp³-hybridized carbons (Fsp3) is 0.471. The first kappa shape index (κ1) is 20.5. The molecule has 1 amide bonds. The highest BCUT2D eigenvalue weighted by atomic mass is 32.2. The van der Waals surface area contributed by atoms with Crippen LogP contribution in [0.3, 0.4) is 0 Å². The van der Waals surface area contributed by atoms with Crippen LogP contribution in [0.5, 0.6) is 11.5 Å². The van der Waals surface area contributed by atoms with E-state index in [0.717, 1.165) is 11.4 Å². The number of carbonyl (C=O) groups is 1. The summed E-state index contributed by atoms with van der Waals surface area (Å²) >= 11 is 1.28. The number of sulfonamides is 1. The maximum Gasteiger partial charge on any atom is 0.244 e. The molecule has 1 saturated heterocycles. The monoisotopic (exact) mass is 426 g/mol. The quantitative estimate of drug-likeness (QED) is 0.720. The summed E-state index contributed by atoms with van der Waals surface area (Å²) in [7, 11) is -0.964. The SMILES string of the molecule is CCc1nnc(NC(=O)C2CCCN2S(=O)(=O)c2ccc(OC)c(OC)c2)s1. The van der Waals surface area contributed by atoms with Crippen LogP contribution in [0.4, 0.5) is 5.13 Å². The molecular weight excluding hydrogens is 404 g/mol. The highest BCUT2D eigenvalue weighted by molar-refractivity contribution is 7.89. The van der Waals surface area contributed by atoms with Gasteiger partial charge in [0.25, 0.3) is 0 Å². The minimum atomic E-state index is -3.88. The summed E-state index contributed by atoms with van der Waals surface area (Å²) in [6.07, 6.45) is 1.76. The second-order valence-corrected chi connectivity index (χ2v) is 9.09. The molecule has 1 aliphatic rings. The Bertz CT molecular complexity index is 960. The van der Waals surface area contributed by atoms with Crippen molar-refractivity contribution in [3.8, 4) is 11.5 Å². The van der Waals surface area contributed by atoms with Crippen molar-refractivity contribution in [2.75, 3.05) is 26.1 Å². The van der Waals surface area contributed by atoms with Gasteiger partial charge in [0.15, 0.2) is 11.5 Å². The third-order valence-electron chi connectivity index (χ3n) is 4.47. The molecule has 1 fully saturated rings. The largest absolute Gasteiger partial charge is 0.493 e. The van der Waals surface area contributed by atoms with Crippen molar-refractivity contribution in [3.05, 3.63) is 23.2 Å². The molecule has 2 heterocycles. The van der Waals surface area contributed by atoms with E-state index in [4.69, 9.17) is 9.47 Å². The van der Waals surface area contributed by atoms with Crippen molar-refractivity contribution < 1.29 is 22.7 Å². The van der Waals surface area contributed by atoms with Gasteiger partial charge in [0.2, 0.25) is 21.1 Å². The van der Waals surface area contributed by atoms with Gasteiger partial charge >= 0.3 is 0 Å². The molecule has 0 aliphatic carbocycles. The van der Waals surface area contributed by atoms with Crippen LogP contribution in [-0.4, -0.2) is 55.6 Å². The number of hydrogen-bond acceptors (Lipinski definition) is 8. The van der Waals surface area contributed by atoms with Crippen molar-refractivity contribution in [3.63, 3.8) is 0 Å². The highest BCUT2D eigenvalue weighted by Gasteiger charge is 2.40. The number of nitrogens with one attached hydrogen (secondary N) is 1. The van der Waals surface area contributed by atoms with E-state index in [-0.39, 0.29) is 11.4 Å². The Morgan fingerprint density at radius 1 is 1.29 bits per heavy atom. The number of aromatic nitrogens is 2. The molecule has 1 unspecified atom stereocenters. The van der Waals surface area contributed by atoms with Gasteiger partial charge in [-0.3, -0.25) is 10.1 Å². The number of amides is 1. The first-order valence-electron chi connectivity index (χ1n) is 8.77. The molecule has 1 aromatic heterocycles. The molecule has 0 spiro atoms. The highest BCUT2D eigenvalue weighted by Crippen LogP contribution is 2.33. The molecule has 28 heavy (non-hydrogen) atoms. The first-order chi connectivity index (χ1) is 13.4. The molecule has 11 heteroatoms. The summed E-state index contributed by atoms with van der Waals surface area (Å²) in [5.74, 6) is 0.338. The molecule has 0 saturated carbocycles. The third-order valence-corrected chi connectivity index (χ3v) is 7.35. The maximum absolute atomic E-state index is 13.1. The van der Waals surface area contributed by atoms with Crippen LogP contribution in [0.1, 0.15) is 24.8 Å². The van der Waals surface area contributed by atoms with E-state index in [1.54, 1.807) is 0 Å². The van der Waals surface area contributed by atoms with Gasteiger partial charge in [-0.2, -0.15) is 4.31 Å². The molecule has 1 atom stereocenters. The predicted molar refractivity (Wildman–Crippen MR) is 104 cm³/mol. The van der Waals surface area contributed by atoms with Crippen LogP contribution in [0.2, 0.25) is 0 Å². The Morgan fingerprint density at radius 3 is 2.68 bits per heavy atom. The molecule has 1 aromatic carbocycles. The van der Waals surface area contributed by atoms with Gasteiger partial charge in [0.05, 0.1) is 19.1 Å². The lowest BCUT2D eigenvalue weighted by Crippen LogP contribution is -2.43. The van der Waals surface area contributed by atoms with E-state index in [2.05, 4.69) is 15.5 Å². The number of rotatable bonds is 7. The fourth-order valence-electron chi connectivity index (χ4n) is 3.04. The molecule has 1 aliphatic heterocycles. The summed E-state index contributed by atoms with van der Waals surface area (Å²) in [6, 6.07) is 3.58. The Morgan fingerprint density at radius 2 is 2.04 bits per heavy atom. The van der Waals surface area contributed by atoms with Gasteiger partial charge in [-0.15, -0.1) is 10.2 Å². The van der Waals surface area contributed by atoms with Crippen LogP contribution in [0.25, 0.3) is 0 Å². The van der Waals surface area contributed by atoms with Gasteiger partial charge in [0.1, 0.15) is 11.0 Å². The van der Waals surface area contributed by atoms with Crippen LogP contribution in [-0.2, 0) is 21.2 Å². The van der Waals surface area contributed by atoms with E-state index in [9.17, 15) is 13.2 Å². The number of hydrogen-bond donors (Lipinski definition) is 1. The average molecular weight is 427 g/mol. The normalized spacial score (nSPS) is 17.5. The fourth-order valence-corrected chi connectivity index (χ4v) is 5.39. The average Bonchev–Trinajstić information content (AvgIpc) is 3.37. The predicted octanol–water partition coefficient (Wildman–Crippen LogP) is 1.91. The molecule has 1 N–H and O–H groups in total. The topological polar surface area (TPSA) is 111 Å². The Balaban J connectivity index is 1.83. The second kappa shape index (κ2) is 8.41. The van der Waals surface area contributed by atoms with Crippen LogP contribution in [0, 0.1) is 0 Å². The summed E-state index contributed by atoms with van der Waals surface area (Å²) in [6.45, 7) is 2.21. The van der Waals surface area contributed by atoms with Gasteiger partial charge in [-0.25, -0.2) is 8.42 Å². The van der Waals surface area contributed by atoms with Crippen LogP contribution in [0.15, 0.2) is 23.1 Å². The van der Waals surface area contributed by atoms with Crippen LogP contribution < -0.4 is 14.8 Å². The number of aryl methyl sites for hydroxylation is 1. The molecule has 2 aromatic rings. The van der Waals surface area contributed by atoms with Gasteiger partial charge in [0, 0.05) is 12.6 Å². The first-order valence-corrected chi connectivity index (χ1v) is 11.0. The molecule has 0 radical (unpaired) electrons. The van der Waals surface area contributed by atoms with Crippen LogP contribution >= 0.6 is 11.3 Å². The number of carbonyl (C=O) groups excluding carboxylic acids is 1. The van der Waals surface area contributed by atoms with Gasteiger partial charge in [-0.1, -0.05) is 18.3 Å². The lowest BCUT2D eigenvalue weighted by molar-refractivity contribution is -0.119. The smallest absolute Gasteiger partial charge is 0.244 e. The number of nitrogens with zero attached hydrogens (tertiary/aromatic N) is 3. The lowest BCUT2D eigenvalue weighted by Gasteiger charge is -2.23. The lowest BCUT2D eigenvalue weighted by atomic mass is 10.2. The van der Waals surface area contributed by atoms with E-state index in [1.807, 2.05) is 6.92 Å². The Labute approximate surface area is 167 Å². The van der Waals surface area contributed by atoms with E-state index in [1.165, 1.54) is 48.1 Å². The zero-order valence-corrected chi connectivity index (χ0v) is 17.5. The molecule has 0 bridgehead atoms. The van der Waals surface area contributed by atoms with E-state index < -0.39 is 22.0 Å². The Kier molecular flexibility index (Phi) is 6.16. The summed E-state index contributed by atoms with van der Waals surface area (Å²) in [4.78, 5) is 12.8. The number of methoxy groups -OCH3 is 2. The van der Waals surface area contributed by atoms with Crippen molar-refractivity contribution in [2.24, 2.45) is 0 Å². The zero-order valence-electron chi connectivity index (χ0n) is 15.8. The minimum Gasteiger partial charge on any atom is -0.493 e. The summed E-state index contributed by atoms with van der Waals surface area (Å²) in [5.41, 5.74) is 0. The molecule has 152 valence electrons. The van der Waals surface area contributed by atoms with Crippen molar-refractivity contribution in [2.45, 2.75) is 37.1 Å². The third kappa shape index (κ3) is 3.96. The zero-order chi connectivity index (χ0) is 20.3.